The number of hydrogen-bond donors (Lipinski definition) is 2. The fourth-order valence-corrected chi connectivity index (χ4v) is 1.77. The SMILES string of the molecule is Cc1ocnc1CN1CC(=O)NCC1C(=O)O. The first kappa shape index (κ1) is 11.6. The second-order valence-corrected chi connectivity index (χ2v) is 3.92. The van der Waals surface area contributed by atoms with Crippen molar-refractivity contribution in [2.75, 3.05) is 13.1 Å². The molecule has 7 heteroatoms. The molecule has 7 nitrogen and oxygen atoms in total. The number of rotatable bonds is 3. The Labute approximate surface area is 97.4 Å². The largest absolute Gasteiger partial charge is 0.480 e. The lowest BCUT2D eigenvalue weighted by Gasteiger charge is -2.31. The van der Waals surface area contributed by atoms with E-state index in [1.54, 1.807) is 11.8 Å². The first-order valence-corrected chi connectivity index (χ1v) is 5.20. The predicted octanol–water partition coefficient (Wildman–Crippen LogP) is -0.632. The highest BCUT2D eigenvalue weighted by molar-refractivity contribution is 5.83. The van der Waals surface area contributed by atoms with Crippen LogP contribution in [0.15, 0.2) is 10.8 Å². The van der Waals surface area contributed by atoms with E-state index in [4.69, 9.17) is 9.52 Å². The van der Waals surface area contributed by atoms with Crippen molar-refractivity contribution >= 4 is 11.9 Å². The molecule has 2 rings (SSSR count). The van der Waals surface area contributed by atoms with Crippen LogP contribution in [0.5, 0.6) is 0 Å². The van der Waals surface area contributed by atoms with Gasteiger partial charge in [0, 0.05) is 13.1 Å². The lowest BCUT2D eigenvalue weighted by molar-refractivity contribution is -0.146. The zero-order valence-electron chi connectivity index (χ0n) is 9.34. The van der Waals surface area contributed by atoms with Gasteiger partial charge in [0.2, 0.25) is 5.91 Å². The topological polar surface area (TPSA) is 95.7 Å². The summed E-state index contributed by atoms with van der Waals surface area (Å²) in [6, 6.07) is -0.719. The van der Waals surface area contributed by atoms with Crippen LogP contribution in [0.2, 0.25) is 0 Å². The average molecular weight is 239 g/mol. The van der Waals surface area contributed by atoms with E-state index in [0.29, 0.717) is 18.0 Å². The summed E-state index contributed by atoms with van der Waals surface area (Å²) in [6.07, 6.45) is 1.31. The minimum atomic E-state index is -0.953. The van der Waals surface area contributed by atoms with Crippen molar-refractivity contribution in [2.45, 2.75) is 19.5 Å². The van der Waals surface area contributed by atoms with Crippen LogP contribution in [0.4, 0.5) is 0 Å². The van der Waals surface area contributed by atoms with Gasteiger partial charge >= 0.3 is 5.97 Å². The Hall–Kier alpha value is -1.89. The first-order chi connectivity index (χ1) is 8.08. The van der Waals surface area contributed by atoms with Crippen molar-refractivity contribution in [1.29, 1.82) is 0 Å². The second kappa shape index (κ2) is 4.54. The molecule has 1 amide bonds. The molecule has 2 N–H and O–H groups in total. The molecule has 1 aromatic rings. The van der Waals surface area contributed by atoms with Gasteiger partial charge in [-0.05, 0) is 6.92 Å². The molecular weight excluding hydrogens is 226 g/mol. The van der Waals surface area contributed by atoms with E-state index >= 15 is 0 Å². The monoisotopic (exact) mass is 239 g/mol. The molecule has 0 spiro atoms. The van der Waals surface area contributed by atoms with E-state index in [1.165, 1.54) is 6.39 Å². The number of amides is 1. The lowest BCUT2D eigenvalue weighted by Crippen LogP contribution is -2.57. The Balaban J connectivity index is 2.13. The third-order valence-electron chi connectivity index (χ3n) is 2.76. The van der Waals surface area contributed by atoms with Gasteiger partial charge in [0.1, 0.15) is 11.8 Å². The summed E-state index contributed by atoms with van der Waals surface area (Å²) in [7, 11) is 0. The maximum atomic E-state index is 11.3. The van der Waals surface area contributed by atoms with Crippen LogP contribution >= 0.6 is 0 Å². The molecule has 1 aromatic heterocycles. The van der Waals surface area contributed by atoms with Crippen LogP contribution in [0, 0.1) is 6.92 Å². The molecule has 1 aliphatic heterocycles. The number of nitrogens with one attached hydrogen (secondary N) is 1. The second-order valence-electron chi connectivity index (χ2n) is 3.92. The summed E-state index contributed by atoms with van der Waals surface area (Å²) in [4.78, 5) is 27.9. The minimum absolute atomic E-state index is 0.0588. The quantitative estimate of drug-likeness (QED) is 0.729. The third kappa shape index (κ3) is 2.44. The van der Waals surface area contributed by atoms with Gasteiger partial charge in [-0.25, -0.2) is 4.98 Å². The number of aryl methyl sites for hydroxylation is 1. The standard InChI is InChI=1S/C10H13N3O4/c1-6-7(12-5-17-6)3-13-4-9(14)11-2-8(13)10(15)16/h5,8H,2-4H2,1H3,(H,11,14)(H,15,16). The fraction of sp³-hybridized carbons (Fsp3) is 0.500. The van der Waals surface area contributed by atoms with Crippen LogP contribution in [-0.4, -0.2) is 46.0 Å². The van der Waals surface area contributed by atoms with Crippen molar-refractivity contribution in [3.63, 3.8) is 0 Å². The smallest absolute Gasteiger partial charge is 0.322 e. The molecule has 1 aliphatic rings. The van der Waals surface area contributed by atoms with E-state index in [0.717, 1.165) is 0 Å². The molecule has 0 radical (unpaired) electrons. The van der Waals surface area contributed by atoms with Gasteiger partial charge in [0.05, 0.1) is 12.2 Å². The van der Waals surface area contributed by atoms with Crippen LogP contribution in [0.25, 0.3) is 0 Å². The first-order valence-electron chi connectivity index (χ1n) is 5.20. The maximum Gasteiger partial charge on any atom is 0.322 e. The molecule has 1 saturated heterocycles. The number of aromatic nitrogens is 1. The molecule has 0 bridgehead atoms. The Morgan fingerprint density at radius 2 is 2.53 bits per heavy atom. The molecule has 1 fully saturated rings. The molecule has 0 aromatic carbocycles. The molecule has 0 saturated carbocycles. The number of oxazole rings is 1. The van der Waals surface area contributed by atoms with Gasteiger partial charge in [-0.3, -0.25) is 14.5 Å². The molecule has 92 valence electrons. The number of carboxylic acids is 1. The third-order valence-corrected chi connectivity index (χ3v) is 2.76. The maximum absolute atomic E-state index is 11.3. The minimum Gasteiger partial charge on any atom is -0.480 e. The van der Waals surface area contributed by atoms with E-state index < -0.39 is 12.0 Å². The Morgan fingerprint density at radius 3 is 3.12 bits per heavy atom. The summed E-state index contributed by atoms with van der Waals surface area (Å²) in [6.45, 7) is 2.23. The van der Waals surface area contributed by atoms with Gasteiger partial charge in [0.25, 0.3) is 0 Å². The molecule has 17 heavy (non-hydrogen) atoms. The number of carboxylic acid groups (broad SMARTS) is 1. The molecule has 0 aliphatic carbocycles. The van der Waals surface area contributed by atoms with E-state index in [-0.39, 0.29) is 19.0 Å². The predicted molar refractivity (Wildman–Crippen MR) is 56.1 cm³/mol. The van der Waals surface area contributed by atoms with Gasteiger partial charge in [0.15, 0.2) is 6.39 Å². The van der Waals surface area contributed by atoms with E-state index in [1.807, 2.05) is 0 Å². The van der Waals surface area contributed by atoms with Crippen LogP contribution < -0.4 is 5.32 Å². The van der Waals surface area contributed by atoms with Crippen molar-refractivity contribution in [1.82, 2.24) is 15.2 Å². The Bertz CT molecular complexity index is 443. The average Bonchev–Trinajstić information content (AvgIpc) is 2.64. The normalized spacial score (nSPS) is 21.2. The van der Waals surface area contributed by atoms with Crippen molar-refractivity contribution in [3.8, 4) is 0 Å². The van der Waals surface area contributed by atoms with Gasteiger partial charge in [-0.15, -0.1) is 0 Å². The number of hydrogen-bond acceptors (Lipinski definition) is 5. The zero-order valence-corrected chi connectivity index (χ0v) is 9.34. The summed E-state index contributed by atoms with van der Waals surface area (Å²) in [5.74, 6) is -0.491. The molecule has 2 heterocycles. The summed E-state index contributed by atoms with van der Waals surface area (Å²) in [5.41, 5.74) is 0.658. The van der Waals surface area contributed by atoms with E-state index in [9.17, 15) is 9.59 Å². The number of carbonyl (C=O) groups is 2. The van der Waals surface area contributed by atoms with Gasteiger partial charge in [-0.1, -0.05) is 0 Å². The summed E-state index contributed by atoms with van der Waals surface area (Å²) >= 11 is 0. The number of nitrogens with zero attached hydrogens (tertiary/aromatic N) is 2. The number of aliphatic carboxylic acids is 1. The van der Waals surface area contributed by atoms with Crippen LogP contribution in [-0.2, 0) is 16.1 Å². The molecule has 1 atom stereocenters. The highest BCUT2D eigenvalue weighted by atomic mass is 16.4. The number of carbonyl (C=O) groups excluding carboxylic acids is 1. The fourth-order valence-electron chi connectivity index (χ4n) is 1.77. The molecular formula is C10H13N3O4. The summed E-state index contributed by atoms with van der Waals surface area (Å²) < 4.78 is 5.04. The van der Waals surface area contributed by atoms with Crippen LogP contribution in [0.1, 0.15) is 11.5 Å². The van der Waals surface area contributed by atoms with Crippen molar-refractivity contribution < 1.29 is 19.1 Å². The summed E-state index contributed by atoms with van der Waals surface area (Å²) in [5, 5.41) is 11.6. The zero-order chi connectivity index (χ0) is 12.4. The highest BCUT2D eigenvalue weighted by Gasteiger charge is 2.32. The highest BCUT2D eigenvalue weighted by Crippen LogP contribution is 2.12. The number of piperazine rings is 1. The van der Waals surface area contributed by atoms with Gasteiger partial charge in [-0.2, -0.15) is 0 Å². The van der Waals surface area contributed by atoms with Crippen LogP contribution in [0.3, 0.4) is 0 Å². The lowest BCUT2D eigenvalue weighted by atomic mass is 10.1. The van der Waals surface area contributed by atoms with Gasteiger partial charge < -0.3 is 14.8 Å². The van der Waals surface area contributed by atoms with Crippen molar-refractivity contribution in [3.05, 3.63) is 17.8 Å². The Kier molecular flexibility index (Phi) is 3.10. The molecule has 1 unspecified atom stereocenters. The van der Waals surface area contributed by atoms with E-state index in [2.05, 4.69) is 10.3 Å². The Morgan fingerprint density at radius 1 is 1.76 bits per heavy atom. The van der Waals surface area contributed by atoms with Crippen molar-refractivity contribution in [2.24, 2.45) is 0 Å².